The van der Waals surface area contributed by atoms with Crippen LogP contribution in [0, 0.1) is 6.92 Å². The summed E-state index contributed by atoms with van der Waals surface area (Å²) >= 11 is 0. The summed E-state index contributed by atoms with van der Waals surface area (Å²) < 4.78 is 0. The highest BCUT2D eigenvalue weighted by atomic mass is 15.2. The van der Waals surface area contributed by atoms with Crippen molar-refractivity contribution in [2.24, 2.45) is 5.73 Å². The van der Waals surface area contributed by atoms with E-state index in [1.54, 1.807) is 0 Å². The second kappa shape index (κ2) is 6.91. The van der Waals surface area contributed by atoms with Crippen molar-refractivity contribution in [1.29, 1.82) is 0 Å². The van der Waals surface area contributed by atoms with E-state index in [4.69, 9.17) is 5.73 Å². The Labute approximate surface area is 111 Å². The standard InChI is InChI=1S/C16H26N2/c1-14-7-9-15(10-8-14)13-18(12-11-17)16-5-3-2-4-6-16/h7-10,16H,2-6,11-13,17H2,1H3. The van der Waals surface area contributed by atoms with Crippen LogP contribution < -0.4 is 5.73 Å². The molecule has 0 amide bonds. The molecule has 1 aliphatic carbocycles. The predicted molar refractivity (Wildman–Crippen MR) is 77.5 cm³/mol. The van der Waals surface area contributed by atoms with Gasteiger partial charge in [0, 0.05) is 25.7 Å². The van der Waals surface area contributed by atoms with E-state index in [1.807, 2.05) is 0 Å². The van der Waals surface area contributed by atoms with Crippen LogP contribution in [0.25, 0.3) is 0 Å². The summed E-state index contributed by atoms with van der Waals surface area (Å²) in [5, 5.41) is 0. The van der Waals surface area contributed by atoms with Crippen molar-refractivity contribution in [2.45, 2.75) is 51.6 Å². The van der Waals surface area contributed by atoms with Gasteiger partial charge in [-0.2, -0.15) is 0 Å². The third kappa shape index (κ3) is 3.82. The molecule has 1 aromatic carbocycles. The number of rotatable bonds is 5. The Hall–Kier alpha value is -0.860. The smallest absolute Gasteiger partial charge is 0.0237 e. The summed E-state index contributed by atoms with van der Waals surface area (Å²) in [6.07, 6.45) is 6.90. The first kappa shape index (κ1) is 13.6. The molecule has 0 heterocycles. The van der Waals surface area contributed by atoms with Gasteiger partial charge in [-0.15, -0.1) is 0 Å². The summed E-state index contributed by atoms with van der Waals surface area (Å²) in [6.45, 7) is 4.99. The molecule has 18 heavy (non-hydrogen) atoms. The van der Waals surface area contributed by atoms with Crippen LogP contribution in [0.1, 0.15) is 43.2 Å². The summed E-state index contributed by atoms with van der Waals surface area (Å²) in [6, 6.07) is 9.67. The fraction of sp³-hybridized carbons (Fsp3) is 0.625. The van der Waals surface area contributed by atoms with Crippen LogP contribution in [0.5, 0.6) is 0 Å². The van der Waals surface area contributed by atoms with Gasteiger partial charge in [-0.05, 0) is 25.3 Å². The number of aryl methyl sites for hydroxylation is 1. The number of hydrogen-bond donors (Lipinski definition) is 1. The molecule has 2 nitrogen and oxygen atoms in total. The molecule has 1 aromatic rings. The highest BCUT2D eigenvalue weighted by molar-refractivity contribution is 5.21. The Kier molecular flexibility index (Phi) is 5.21. The summed E-state index contributed by atoms with van der Waals surface area (Å²) in [5.74, 6) is 0. The molecule has 2 rings (SSSR count). The minimum absolute atomic E-state index is 0.753. The molecule has 2 heteroatoms. The van der Waals surface area contributed by atoms with E-state index >= 15 is 0 Å². The first-order valence-electron chi connectivity index (χ1n) is 7.29. The van der Waals surface area contributed by atoms with Crippen LogP contribution in [0.4, 0.5) is 0 Å². The maximum Gasteiger partial charge on any atom is 0.0237 e. The molecule has 0 unspecified atom stereocenters. The molecule has 1 saturated carbocycles. The van der Waals surface area contributed by atoms with Gasteiger partial charge in [-0.25, -0.2) is 0 Å². The van der Waals surface area contributed by atoms with Crippen LogP contribution in [0.15, 0.2) is 24.3 Å². The predicted octanol–water partition coefficient (Wildman–Crippen LogP) is 3.09. The molecule has 0 aliphatic heterocycles. The minimum Gasteiger partial charge on any atom is -0.329 e. The molecule has 0 atom stereocenters. The molecule has 0 spiro atoms. The molecule has 0 saturated heterocycles. The van der Waals surface area contributed by atoms with Crippen LogP contribution in [0.2, 0.25) is 0 Å². The molecule has 0 aromatic heterocycles. The van der Waals surface area contributed by atoms with Gasteiger partial charge in [0.25, 0.3) is 0 Å². The van der Waals surface area contributed by atoms with Crippen molar-refractivity contribution in [3.8, 4) is 0 Å². The zero-order chi connectivity index (χ0) is 12.8. The molecule has 1 aliphatic rings. The maximum absolute atomic E-state index is 5.77. The van der Waals surface area contributed by atoms with Crippen LogP contribution >= 0.6 is 0 Å². The van der Waals surface area contributed by atoms with Gasteiger partial charge in [-0.1, -0.05) is 49.1 Å². The highest BCUT2D eigenvalue weighted by Gasteiger charge is 2.20. The van der Waals surface area contributed by atoms with Crippen molar-refractivity contribution >= 4 is 0 Å². The number of nitrogens with two attached hydrogens (primary N) is 1. The minimum atomic E-state index is 0.753. The maximum atomic E-state index is 5.77. The van der Waals surface area contributed by atoms with Crippen molar-refractivity contribution in [2.75, 3.05) is 13.1 Å². The number of benzene rings is 1. The molecular weight excluding hydrogens is 220 g/mol. The molecule has 1 fully saturated rings. The lowest BCUT2D eigenvalue weighted by molar-refractivity contribution is 0.152. The quantitative estimate of drug-likeness (QED) is 0.865. The van der Waals surface area contributed by atoms with E-state index < -0.39 is 0 Å². The Bertz CT molecular complexity index is 339. The molecule has 2 N–H and O–H groups in total. The van der Waals surface area contributed by atoms with Gasteiger partial charge in [0.05, 0.1) is 0 Å². The van der Waals surface area contributed by atoms with Gasteiger partial charge >= 0.3 is 0 Å². The summed E-state index contributed by atoms with van der Waals surface area (Å²) in [5.41, 5.74) is 8.52. The summed E-state index contributed by atoms with van der Waals surface area (Å²) in [4.78, 5) is 2.59. The lowest BCUT2D eigenvalue weighted by Crippen LogP contribution is -2.39. The van der Waals surface area contributed by atoms with Crippen molar-refractivity contribution in [3.05, 3.63) is 35.4 Å². The Balaban J connectivity index is 1.98. The second-order valence-corrected chi connectivity index (χ2v) is 5.54. The number of hydrogen-bond acceptors (Lipinski definition) is 2. The average molecular weight is 246 g/mol. The Morgan fingerprint density at radius 2 is 1.78 bits per heavy atom. The number of nitrogens with zero attached hydrogens (tertiary/aromatic N) is 1. The lowest BCUT2D eigenvalue weighted by Gasteiger charge is -2.34. The highest BCUT2D eigenvalue weighted by Crippen LogP contribution is 2.23. The first-order chi connectivity index (χ1) is 8.79. The average Bonchev–Trinajstić information content (AvgIpc) is 2.42. The van der Waals surface area contributed by atoms with Crippen LogP contribution in [0.3, 0.4) is 0 Å². The van der Waals surface area contributed by atoms with E-state index in [0.29, 0.717) is 0 Å². The fourth-order valence-electron chi connectivity index (χ4n) is 2.93. The Morgan fingerprint density at radius 1 is 1.11 bits per heavy atom. The van der Waals surface area contributed by atoms with Gasteiger partial charge in [0.15, 0.2) is 0 Å². The first-order valence-corrected chi connectivity index (χ1v) is 7.29. The summed E-state index contributed by atoms with van der Waals surface area (Å²) in [7, 11) is 0. The molecule has 100 valence electrons. The van der Waals surface area contributed by atoms with Gasteiger partial charge in [-0.3, -0.25) is 4.90 Å². The molecular formula is C16H26N2. The zero-order valence-corrected chi connectivity index (χ0v) is 11.6. The van der Waals surface area contributed by atoms with Crippen LogP contribution in [-0.4, -0.2) is 24.0 Å². The topological polar surface area (TPSA) is 29.3 Å². The van der Waals surface area contributed by atoms with E-state index in [1.165, 1.54) is 43.2 Å². The lowest BCUT2D eigenvalue weighted by atomic mass is 9.94. The van der Waals surface area contributed by atoms with Crippen molar-refractivity contribution in [1.82, 2.24) is 4.90 Å². The fourth-order valence-corrected chi connectivity index (χ4v) is 2.93. The van der Waals surface area contributed by atoms with Gasteiger partial charge < -0.3 is 5.73 Å². The van der Waals surface area contributed by atoms with Crippen molar-refractivity contribution < 1.29 is 0 Å². The Morgan fingerprint density at radius 3 is 2.39 bits per heavy atom. The van der Waals surface area contributed by atoms with E-state index in [9.17, 15) is 0 Å². The third-order valence-electron chi connectivity index (χ3n) is 4.01. The normalized spacial score (nSPS) is 17.3. The molecule has 0 bridgehead atoms. The van der Waals surface area contributed by atoms with Gasteiger partial charge in [0.2, 0.25) is 0 Å². The largest absolute Gasteiger partial charge is 0.329 e. The van der Waals surface area contributed by atoms with Gasteiger partial charge in [0.1, 0.15) is 0 Å². The zero-order valence-electron chi connectivity index (χ0n) is 11.6. The van der Waals surface area contributed by atoms with E-state index in [2.05, 4.69) is 36.1 Å². The van der Waals surface area contributed by atoms with E-state index in [-0.39, 0.29) is 0 Å². The third-order valence-corrected chi connectivity index (χ3v) is 4.01. The van der Waals surface area contributed by atoms with E-state index in [0.717, 1.165) is 25.7 Å². The monoisotopic (exact) mass is 246 g/mol. The van der Waals surface area contributed by atoms with Crippen LogP contribution in [-0.2, 0) is 6.54 Å². The second-order valence-electron chi connectivity index (χ2n) is 5.54. The van der Waals surface area contributed by atoms with Crippen molar-refractivity contribution in [3.63, 3.8) is 0 Å². The molecule has 0 radical (unpaired) electrons. The SMILES string of the molecule is Cc1ccc(CN(CCN)C2CCCCC2)cc1.